The summed E-state index contributed by atoms with van der Waals surface area (Å²) in [7, 11) is 0. The molecule has 0 aliphatic rings. The first-order valence-corrected chi connectivity index (χ1v) is 10.0. The van der Waals surface area contributed by atoms with Crippen LogP contribution in [0.4, 0.5) is 4.39 Å². The highest BCUT2D eigenvalue weighted by Gasteiger charge is 2.26. The average molecular weight is 399 g/mol. The SMILES string of the molecule is Cc1ccc(CC(=O)N(Cc2ccc(F)cc2)C(C)C(=O)NCC(C)C)cc1C. The van der Waals surface area contributed by atoms with E-state index in [1.54, 1.807) is 24.0 Å². The number of hydrogen-bond donors (Lipinski definition) is 1. The highest BCUT2D eigenvalue weighted by atomic mass is 19.1. The lowest BCUT2D eigenvalue weighted by Gasteiger charge is -2.29. The number of aryl methyl sites for hydroxylation is 2. The molecule has 2 aromatic carbocycles. The van der Waals surface area contributed by atoms with Crippen molar-refractivity contribution in [3.63, 3.8) is 0 Å². The van der Waals surface area contributed by atoms with Crippen molar-refractivity contribution in [2.24, 2.45) is 5.92 Å². The lowest BCUT2D eigenvalue weighted by molar-refractivity contribution is -0.140. The predicted octanol–water partition coefficient (Wildman–Crippen LogP) is 4.17. The Morgan fingerprint density at radius 1 is 0.966 bits per heavy atom. The molecule has 0 heterocycles. The third-order valence-electron chi connectivity index (χ3n) is 5.04. The summed E-state index contributed by atoms with van der Waals surface area (Å²) in [4.78, 5) is 27.3. The first-order chi connectivity index (χ1) is 13.7. The second-order valence-electron chi connectivity index (χ2n) is 8.06. The number of nitrogens with one attached hydrogen (secondary N) is 1. The van der Waals surface area contributed by atoms with Crippen LogP contribution in [0.1, 0.15) is 43.0 Å². The summed E-state index contributed by atoms with van der Waals surface area (Å²) in [6.07, 6.45) is 0.212. The van der Waals surface area contributed by atoms with Crippen LogP contribution in [0.5, 0.6) is 0 Å². The van der Waals surface area contributed by atoms with Crippen molar-refractivity contribution in [1.82, 2.24) is 10.2 Å². The molecule has 1 unspecified atom stereocenters. The highest BCUT2D eigenvalue weighted by molar-refractivity contribution is 5.88. The summed E-state index contributed by atoms with van der Waals surface area (Å²) >= 11 is 0. The van der Waals surface area contributed by atoms with E-state index < -0.39 is 6.04 Å². The molecule has 5 heteroatoms. The number of benzene rings is 2. The molecule has 156 valence electrons. The molecule has 0 saturated carbocycles. The van der Waals surface area contributed by atoms with Crippen LogP contribution in [-0.4, -0.2) is 29.3 Å². The molecular weight excluding hydrogens is 367 g/mol. The molecular formula is C24H31FN2O2. The highest BCUT2D eigenvalue weighted by Crippen LogP contribution is 2.15. The van der Waals surface area contributed by atoms with Crippen molar-refractivity contribution in [2.75, 3.05) is 6.54 Å². The maximum Gasteiger partial charge on any atom is 0.242 e. The molecule has 1 atom stereocenters. The molecule has 2 aromatic rings. The monoisotopic (exact) mass is 398 g/mol. The molecule has 2 rings (SSSR count). The second-order valence-corrected chi connectivity index (χ2v) is 8.06. The molecule has 4 nitrogen and oxygen atoms in total. The zero-order valence-electron chi connectivity index (χ0n) is 18.0. The predicted molar refractivity (Wildman–Crippen MR) is 114 cm³/mol. The Balaban J connectivity index is 2.21. The van der Waals surface area contributed by atoms with E-state index in [9.17, 15) is 14.0 Å². The zero-order valence-corrected chi connectivity index (χ0v) is 18.0. The van der Waals surface area contributed by atoms with Gasteiger partial charge in [0.15, 0.2) is 0 Å². The molecule has 0 radical (unpaired) electrons. The molecule has 0 spiro atoms. The Morgan fingerprint density at radius 3 is 2.17 bits per heavy atom. The Labute approximate surface area is 173 Å². The van der Waals surface area contributed by atoms with E-state index >= 15 is 0 Å². The first kappa shape index (κ1) is 22.6. The van der Waals surface area contributed by atoms with Gasteiger partial charge in [0.25, 0.3) is 0 Å². The summed E-state index contributed by atoms with van der Waals surface area (Å²) in [6.45, 7) is 10.6. The van der Waals surface area contributed by atoms with Gasteiger partial charge in [-0.3, -0.25) is 9.59 Å². The van der Waals surface area contributed by atoms with Gasteiger partial charge in [-0.15, -0.1) is 0 Å². The lowest BCUT2D eigenvalue weighted by atomic mass is 10.0. The van der Waals surface area contributed by atoms with Crippen molar-refractivity contribution < 1.29 is 14.0 Å². The average Bonchev–Trinajstić information content (AvgIpc) is 2.67. The topological polar surface area (TPSA) is 49.4 Å². The molecule has 0 aliphatic carbocycles. The van der Waals surface area contributed by atoms with E-state index in [2.05, 4.69) is 5.32 Å². The minimum Gasteiger partial charge on any atom is -0.354 e. The molecule has 29 heavy (non-hydrogen) atoms. The van der Waals surface area contributed by atoms with Crippen LogP contribution >= 0.6 is 0 Å². The summed E-state index contributed by atoms with van der Waals surface area (Å²) in [6, 6.07) is 11.3. The Bertz CT molecular complexity index is 846. The maximum absolute atomic E-state index is 13.3. The van der Waals surface area contributed by atoms with Gasteiger partial charge < -0.3 is 10.2 Å². The number of carbonyl (C=O) groups excluding carboxylic acids is 2. The largest absolute Gasteiger partial charge is 0.354 e. The van der Waals surface area contributed by atoms with Gasteiger partial charge >= 0.3 is 0 Å². The standard InChI is InChI=1S/C24H31FN2O2/c1-16(2)14-26-24(29)19(5)27(15-20-8-10-22(25)11-9-20)23(28)13-21-7-6-17(3)18(4)12-21/h6-12,16,19H,13-15H2,1-5H3,(H,26,29). The zero-order chi connectivity index (χ0) is 21.6. The molecule has 0 aliphatic heterocycles. The molecule has 0 fully saturated rings. The molecule has 0 saturated heterocycles. The molecule has 2 amide bonds. The van der Waals surface area contributed by atoms with E-state index in [1.807, 2.05) is 45.9 Å². The van der Waals surface area contributed by atoms with Gasteiger partial charge in [-0.25, -0.2) is 4.39 Å². The Hall–Kier alpha value is -2.69. The minimum atomic E-state index is -0.627. The summed E-state index contributed by atoms with van der Waals surface area (Å²) in [5.74, 6) is -0.327. The van der Waals surface area contributed by atoms with E-state index in [0.29, 0.717) is 12.5 Å². The normalized spacial score (nSPS) is 12.0. The van der Waals surface area contributed by atoms with E-state index in [1.165, 1.54) is 17.7 Å². The van der Waals surface area contributed by atoms with Crippen LogP contribution < -0.4 is 5.32 Å². The smallest absolute Gasteiger partial charge is 0.242 e. The fraction of sp³-hybridized carbons (Fsp3) is 0.417. The Morgan fingerprint density at radius 2 is 1.59 bits per heavy atom. The fourth-order valence-corrected chi connectivity index (χ4v) is 3.01. The van der Waals surface area contributed by atoms with Crippen molar-refractivity contribution in [2.45, 2.75) is 53.6 Å². The number of carbonyl (C=O) groups is 2. The van der Waals surface area contributed by atoms with Crippen LogP contribution in [0.25, 0.3) is 0 Å². The van der Waals surface area contributed by atoms with Gasteiger partial charge in [0.1, 0.15) is 11.9 Å². The lowest BCUT2D eigenvalue weighted by Crippen LogP contribution is -2.48. The summed E-state index contributed by atoms with van der Waals surface area (Å²) in [5, 5.41) is 2.90. The molecule has 0 aromatic heterocycles. The number of nitrogens with zero attached hydrogens (tertiary/aromatic N) is 1. The third kappa shape index (κ3) is 6.70. The number of halogens is 1. The molecule has 1 N–H and O–H groups in total. The van der Waals surface area contributed by atoms with E-state index in [4.69, 9.17) is 0 Å². The van der Waals surface area contributed by atoms with Gasteiger partial charge in [0.2, 0.25) is 11.8 Å². The van der Waals surface area contributed by atoms with Crippen LogP contribution in [-0.2, 0) is 22.6 Å². The van der Waals surface area contributed by atoms with Crippen LogP contribution in [0, 0.1) is 25.6 Å². The van der Waals surface area contributed by atoms with Crippen LogP contribution in [0.15, 0.2) is 42.5 Å². The first-order valence-electron chi connectivity index (χ1n) is 10.0. The van der Waals surface area contributed by atoms with Gasteiger partial charge in [-0.1, -0.05) is 44.2 Å². The minimum absolute atomic E-state index is 0.134. The summed E-state index contributed by atoms with van der Waals surface area (Å²) < 4.78 is 13.3. The number of hydrogen-bond acceptors (Lipinski definition) is 2. The van der Waals surface area contributed by atoms with Crippen molar-refractivity contribution >= 4 is 11.8 Å². The van der Waals surface area contributed by atoms with E-state index in [0.717, 1.165) is 16.7 Å². The fourth-order valence-electron chi connectivity index (χ4n) is 3.01. The van der Waals surface area contributed by atoms with Gasteiger partial charge in [0, 0.05) is 13.1 Å². The second kappa shape index (κ2) is 10.2. The molecule has 0 bridgehead atoms. The van der Waals surface area contributed by atoms with Gasteiger partial charge in [-0.05, 0) is 61.1 Å². The van der Waals surface area contributed by atoms with Crippen molar-refractivity contribution in [1.29, 1.82) is 0 Å². The van der Waals surface area contributed by atoms with Crippen molar-refractivity contribution in [3.05, 3.63) is 70.5 Å². The van der Waals surface area contributed by atoms with Gasteiger partial charge in [-0.2, -0.15) is 0 Å². The summed E-state index contributed by atoms with van der Waals surface area (Å²) in [5.41, 5.74) is 3.99. The van der Waals surface area contributed by atoms with Crippen LogP contribution in [0.3, 0.4) is 0 Å². The van der Waals surface area contributed by atoms with Crippen LogP contribution in [0.2, 0.25) is 0 Å². The number of amides is 2. The van der Waals surface area contributed by atoms with Gasteiger partial charge in [0.05, 0.1) is 6.42 Å². The number of rotatable bonds is 8. The maximum atomic E-state index is 13.3. The van der Waals surface area contributed by atoms with Crippen molar-refractivity contribution in [3.8, 4) is 0 Å². The van der Waals surface area contributed by atoms with E-state index in [-0.39, 0.29) is 30.6 Å². The Kier molecular flexibility index (Phi) is 7.94. The third-order valence-corrected chi connectivity index (χ3v) is 5.04. The quantitative estimate of drug-likeness (QED) is 0.725.